The Morgan fingerprint density at radius 2 is 2.13 bits per heavy atom. The van der Waals surface area contributed by atoms with Crippen LogP contribution in [-0.4, -0.2) is 29.2 Å². The lowest BCUT2D eigenvalue weighted by Crippen LogP contribution is -2.18. The molecule has 0 fully saturated rings. The monoisotopic (exact) mass is 206 g/mol. The van der Waals surface area contributed by atoms with Crippen LogP contribution in [0.5, 0.6) is 5.75 Å². The molecule has 0 unspecified atom stereocenters. The van der Waals surface area contributed by atoms with Crippen LogP contribution in [0.2, 0.25) is 0 Å². The molecule has 2 N–H and O–H groups in total. The number of H-pyrrole nitrogens is 1. The Kier molecular flexibility index (Phi) is 2.62. The van der Waals surface area contributed by atoms with Crippen LogP contribution in [0.25, 0.3) is 0 Å². The molecule has 0 radical (unpaired) electrons. The molecule has 5 heteroatoms. The summed E-state index contributed by atoms with van der Waals surface area (Å²) in [7, 11) is 3.51. The van der Waals surface area contributed by atoms with E-state index in [0.717, 1.165) is 18.2 Å². The second kappa shape index (κ2) is 4.08. The molecule has 0 spiro atoms. The van der Waals surface area contributed by atoms with Crippen LogP contribution in [0.1, 0.15) is 5.56 Å². The zero-order valence-electron chi connectivity index (χ0n) is 8.82. The molecule has 80 valence electrons. The smallest absolute Gasteiger partial charge is 0.238 e. The van der Waals surface area contributed by atoms with Gasteiger partial charge in [-0.25, -0.2) is 9.90 Å². The minimum absolute atomic E-state index is 0.781. The van der Waals surface area contributed by atoms with E-state index in [2.05, 4.69) is 15.6 Å². The number of nitrogens with one attached hydrogen (secondary N) is 2. The van der Waals surface area contributed by atoms with Crippen LogP contribution in [-0.2, 0) is 6.54 Å². The van der Waals surface area contributed by atoms with Gasteiger partial charge >= 0.3 is 0 Å². The van der Waals surface area contributed by atoms with Crippen molar-refractivity contribution in [3.8, 4) is 5.75 Å². The summed E-state index contributed by atoms with van der Waals surface area (Å²) in [6.45, 7) is 0.781. The minimum atomic E-state index is 0.781. The Morgan fingerprint density at radius 1 is 1.40 bits per heavy atom. The molecule has 0 aliphatic heterocycles. The van der Waals surface area contributed by atoms with Crippen LogP contribution in [0.4, 0.5) is 5.95 Å². The fourth-order valence-corrected chi connectivity index (χ4v) is 1.39. The summed E-state index contributed by atoms with van der Waals surface area (Å²) in [4.78, 5) is 0. The predicted molar refractivity (Wildman–Crippen MR) is 58.2 cm³/mol. The number of nitrogens with zero attached hydrogens (tertiary/aromatic N) is 2. The molecular formula is C10H14N4O. The van der Waals surface area contributed by atoms with Crippen molar-refractivity contribution in [2.75, 3.05) is 19.5 Å². The third kappa shape index (κ3) is 1.96. The second-order valence-electron chi connectivity index (χ2n) is 3.22. The predicted octanol–water partition coefficient (Wildman–Crippen LogP) is 1.31. The number of aromatic amines is 1. The molecule has 15 heavy (non-hydrogen) atoms. The molecule has 1 aromatic heterocycles. The highest BCUT2D eigenvalue weighted by molar-refractivity contribution is 5.29. The van der Waals surface area contributed by atoms with Crippen molar-refractivity contribution in [1.29, 1.82) is 0 Å². The Labute approximate surface area is 88.0 Å². The third-order valence-corrected chi connectivity index (χ3v) is 2.26. The maximum absolute atomic E-state index is 5.09. The largest absolute Gasteiger partial charge is 0.497 e. The van der Waals surface area contributed by atoms with E-state index in [0.29, 0.717) is 0 Å². The number of ether oxygens (including phenoxy) is 1. The van der Waals surface area contributed by atoms with Gasteiger partial charge in [0.25, 0.3) is 0 Å². The maximum atomic E-state index is 5.09. The van der Waals surface area contributed by atoms with Gasteiger partial charge in [-0.05, 0) is 17.7 Å². The van der Waals surface area contributed by atoms with E-state index in [9.17, 15) is 0 Å². The Balaban J connectivity index is 2.06. The number of anilines is 1. The highest BCUT2D eigenvalue weighted by atomic mass is 16.5. The SMILES string of the molecule is CNc1n[nH]n1Cc1ccc(OC)cc1. The lowest BCUT2D eigenvalue weighted by atomic mass is 10.2. The highest BCUT2D eigenvalue weighted by Crippen LogP contribution is 2.13. The molecule has 1 heterocycles. The molecule has 0 saturated carbocycles. The molecule has 5 nitrogen and oxygen atoms in total. The quantitative estimate of drug-likeness (QED) is 0.793. The summed E-state index contributed by atoms with van der Waals surface area (Å²) in [6.07, 6.45) is 0. The minimum Gasteiger partial charge on any atom is -0.497 e. The van der Waals surface area contributed by atoms with Gasteiger partial charge in [-0.15, -0.1) is 5.10 Å². The molecule has 2 aromatic rings. The van der Waals surface area contributed by atoms with Crippen molar-refractivity contribution in [2.24, 2.45) is 0 Å². The maximum Gasteiger partial charge on any atom is 0.238 e. The van der Waals surface area contributed by atoms with Crippen LogP contribution in [0, 0.1) is 0 Å². The molecule has 0 saturated heterocycles. The number of benzene rings is 1. The summed E-state index contributed by atoms with van der Waals surface area (Å²) in [5.41, 5.74) is 1.20. The number of hydrogen-bond acceptors (Lipinski definition) is 3. The van der Waals surface area contributed by atoms with E-state index >= 15 is 0 Å². The van der Waals surface area contributed by atoms with Crippen LogP contribution < -0.4 is 10.1 Å². The van der Waals surface area contributed by atoms with Crippen molar-refractivity contribution >= 4 is 5.95 Å². The Hall–Kier alpha value is -1.91. The topological polar surface area (TPSA) is 54.9 Å². The molecule has 0 bridgehead atoms. The van der Waals surface area contributed by atoms with Gasteiger partial charge in [-0.1, -0.05) is 12.1 Å². The van der Waals surface area contributed by atoms with Crippen LogP contribution in [0.3, 0.4) is 0 Å². The summed E-state index contributed by atoms with van der Waals surface area (Å²) >= 11 is 0. The Morgan fingerprint density at radius 3 is 2.60 bits per heavy atom. The van der Waals surface area contributed by atoms with Gasteiger partial charge in [0.15, 0.2) is 0 Å². The zero-order chi connectivity index (χ0) is 10.7. The van der Waals surface area contributed by atoms with E-state index in [-0.39, 0.29) is 0 Å². The summed E-state index contributed by atoms with van der Waals surface area (Å²) in [5, 5.41) is 9.79. The summed E-state index contributed by atoms with van der Waals surface area (Å²) in [5.74, 6) is 1.73. The van der Waals surface area contributed by atoms with Crippen LogP contribution >= 0.6 is 0 Å². The average molecular weight is 206 g/mol. The fourth-order valence-electron chi connectivity index (χ4n) is 1.39. The lowest BCUT2D eigenvalue weighted by Gasteiger charge is -2.14. The number of hydrogen-bond donors (Lipinski definition) is 2. The second-order valence-corrected chi connectivity index (χ2v) is 3.22. The van der Waals surface area contributed by atoms with Crippen LogP contribution in [0.15, 0.2) is 24.3 Å². The van der Waals surface area contributed by atoms with Gasteiger partial charge in [0.2, 0.25) is 5.95 Å². The number of aromatic nitrogens is 3. The molecule has 0 aliphatic carbocycles. The van der Waals surface area contributed by atoms with Crippen molar-refractivity contribution in [2.45, 2.75) is 6.54 Å². The molecule has 0 amide bonds. The summed E-state index contributed by atoms with van der Waals surface area (Å²) < 4.78 is 7.02. The van der Waals surface area contributed by atoms with Gasteiger partial charge < -0.3 is 10.1 Å². The highest BCUT2D eigenvalue weighted by Gasteiger charge is 2.04. The first-order valence-corrected chi connectivity index (χ1v) is 4.75. The van der Waals surface area contributed by atoms with Crippen molar-refractivity contribution in [3.05, 3.63) is 29.8 Å². The van der Waals surface area contributed by atoms with E-state index in [1.165, 1.54) is 5.56 Å². The van der Waals surface area contributed by atoms with Gasteiger partial charge in [-0.3, -0.25) is 0 Å². The first-order valence-electron chi connectivity index (χ1n) is 4.75. The molecule has 0 atom stereocenters. The van der Waals surface area contributed by atoms with E-state index < -0.39 is 0 Å². The van der Waals surface area contributed by atoms with Gasteiger partial charge in [-0.2, -0.15) is 0 Å². The van der Waals surface area contributed by atoms with Crippen molar-refractivity contribution < 1.29 is 4.74 Å². The standard InChI is InChI=1S/C10H14N4O/c1-11-10-12-13-14(10)7-8-3-5-9(15-2)6-4-8/h3-6,13H,7H2,1-2H3,(H,11,12). The lowest BCUT2D eigenvalue weighted by molar-refractivity contribution is 0.414. The van der Waals surface area contributed by atoms with Gasteiger partial charge in [0.05, 0.1) is 13.7 Å². The number of methoxy groups -OCH3 is 1. The zero-order valence-corrected chi connectivity index (χ0v) is 8.82. The fraction of sp³-hybridized carbons (Fsp3) is 0.300. The van der Waals surface area contributed by atoms with Gasteiger partial charge in [0, 0.05) is 7.05 Å². The van der Waals surface area contributed by atoms with E-state index in [1.807, 2.05) is 36.0 Å². The van der Waals surface area contributed by atoms with E-state index in [1.54, 1.807) is 7.11 Å². The third-order valence-electron chi connectivity index (χ3n) is 2.26. The Bertz CT molecular complexity index is 415. The molecule has 0 aliphatic rings. The van der Waals surface area contributed by atoms with Crippen molar-refractivity contribution in [1.82, 2.24) is 15.0 Å². The normalized spacial score (nSPS) is 10.3. The molecule has 2 rings (SSSR count). The van der Waals surface area contributed by atoms with Gasteiger partial charge in [0.1, 0.15) is 5.75 Å². The van der Waals surface area contributed by atoms with E-state index in [4.69, 9.17) is 4.74 Å². The average Bonchev–Trinajstić information content (AvgIpc) is 2.26. The summed E-state index contributed by atoms with van der Waals surface area (Å²) in [6, 6.07) is 7.97. The number of rotatable bonds is 4. The van der Waals surface area contributed by atoms with Crippen molar-refractivity contribution in [3.63, 3.8) is 0 Å². The molecular weight excluding hydrogens is 192 g/mol. The first kappa shape index (κ1) is 9.64. The molecule has 1 aromatic carbocycles. The first-order chi connectivity index (χ1) is 7.33.